The van der Waals surface area contributed by atoms with Gasteiger partial charge in [-0.1, -0.05) is 32.6 Å². The van der Waals surface area contributed by atoms with Gasteiger partial charge in [-0.05, 0) is 13.3 Å². The molecule has 0 heterocycles. The van der Waals surface area contributed by atoms with Gasteiger partial charge in [0, 0.05) is 6.04 Å². The molecule has 0 aliphatic heterocycles. The van der Waals surface area contributed by atoms with E-state index < -0.39 is 0 Å². The van der Waals surface area contributed by atoms with Crippen molar-refractivity contribution >= 4 is 12.8 Å². The molecule has 1 unspecified atom stereocenters. The molecule has 0 aliphatic carbocycles. The van der Waals surface area contributed by atoms with E-state index >= 15 is 0 Å². The first-order chi connectivity index (χ1) is 3.81. The quantitative estimate of drug-likeness (QED) is 0.559. The Kier molecular flexibility index (Phi) is 5.66. The lowest BCUT2D eigenvalue weighted by molar-refractivity contribution is 0.589. The second-order valence-electron chi connectivity index (χ2n) is 2.17. The zero-order valence-electron chi connectivity index (χ0n) is 5.65. The molecule has 0 saturated carbocycles. The SMILES string of the molecule is CCCCC(C)NS. The molecule has 1 N–H and O–H groups in total. The highest BCUT2D eigenvalue weighted by molar-refractivity contribution is 7.78. The molecular formula is C6H15NS. The summed E-state index contributed by atoms with van der Waals surface area (Å²) in [5, 5.41) is 0. The van der Waals surface area contributed by atoms with Crippen molar-refractivity contribution in [2.24, 2.45) is 0 Å². The minimum absolute atomic E-state index is 0.568. The van der Waals surface area contributed by atoms with Crippen molar-refractivity contribution in [3.8, 4) is 0 Å². The summed E-state index contributed by atoms with van der Waals surface area (Å²) in [6, 6.07) is 0.568. The van der Waals surface area contributed by atoms with Crippen LogP contribution in [0.1, 0.15) is 33.1 Å². The molecule has 1 atom stereocenters. The molecule has 0 aromatic rings. The van der Waals surface area contributed by atoms with Crippen LogP contribution in [0.25, 0.3) is 0 Å². The van der Waals surface area contributed by atoms with Gasteiger partial charge in [-0.25, -0.2) is 0 Å². The van der Waals surface area contributed by atoms with E-state index in [1.807, 2.05) is 0 Å². The minimum atomic E-state index is 0.568. The summed E-state index contributed by atoms with van der Waals surface area (Å²) in [7, 11) is 0. The van der Waals surface area contributed by atoms with Crippen LogP contribution in [-0.4, -0.2) is 6.04 Å². The summed E-state index contributed by atoms with van der Waals surface area (Å²) in [6.07, 6.45) is 3.81. The van der Waals surface area contributed by atoms with Gasteiger partial charge in [-0.2, -0.15) is 0 Å². The van der Waals surface area contributed by atoms with Crippen LogP contribution in [0.5, 0.6) is 0 Å². The smallest absolute Gasteiger partial charge is 0.0141 e. The predicted octanol–water partition coefficient (Wildman–Crippen LogP) is 2.00. The number of hydrogen-bond donors (Lipinski definition) is 2. The molecule has 0 radical (unpaired) electrons. The molecule has 0 rings (SSSR count). The molecule has 1 nitrogen and oxygen atoms in total. The molecule has 50 valence electrons. The van der Waals surface area contributed by atoms with Gasteiger partial charge in [0.25, 0.3) is 0 Å². The summed E-state index contributed by atoms with van der Waals surface area (Å²) < 4.78 is 2.89. The molecule has 0 aliphatic rings. The molecule has 0 amide bonds. The van der Waals surface area contributed by atoms with E-state index in [2.05, 4.69) is 31.4 Å². The van der Waals surface area contributed by atoms with Crippen LogP contribution in [0.15, 0.2) is 0 Å². The third kappa shape index (κ3) is 4.47. The molecule has 0 spiro atoms. The fourth-order valence-corrected chi connectivity index (χ4v) is 0.704. The third-order valence-corrected chi connectivity index (χ3v) is 1.65. The maximum absolute atomic E-state index is 3.94. The number of unbranched alkanes of at least 4 members (excludes halogenated alkanes) is 1. The zero-order valence-corrected chi connectivity index (χ0v) is 6.54. The Labute approximate surface area is 57.4 Å². The first kappa shape index (κ1) is 8.31. The highest BCUT2D eigenvalue weighted by Crippen LogP contribution is 1.98. The topological polar surface area (TPSA) is 12.0 Å². The van der Waals surface area contributed by atoms with Gasteiger partial charge in [0.2, 0.25) is 0 Å². The number of thiol groups is 1. The Balaban J connectivity index is 2.86. The van der Waals surface area contributed by atoms with Crippen LogP contribution in [0.3, 0.4) is 0 Å². The Morgan fingerprint density at radius 1 is 1.62 bits per heavy atom. The van der Waals surface area contributed by atoms with Crippen molar-refractivity contribution in [2.45, 2.75) is 39.2 Å². The minimum Gasteiger partial charge on any atom is -0.264 e. The van der Waals surface area contributed by atoms with Crippen LogP contribution < -0.4 is 4.72 Å². The second kappa shape index (κ2) is 5.45. The lowest BCUT2D eigenvalue weighted by Crippen LogP contribution is -2.15. The summed E-state index contributed by atoms with van der Waals surface area (Å²) in [6.45, 7) is 4.34. The molecule has 0 fully saturated rings. The number of hydrogen-bond acceptors (Lipinski definition) is 2. The van der Waals surface area contributed by atoms with E-state index in [4.69, 9.17) is 0 Å². The molecule has 2 heteroatoms. The van der Waals surface area contributed by atoms with E-state index in [9.17, 15) is 0 Å². The first-order valence-corrected chi connectivity index (χ1v) is 3.65. The Hall–Kier alpha value is 0.310. The van der Waals surface area contributed by atoms with Crippen LogP contribution in [-0.2, 0) is 0 Å². The van der Waals surface area contributed by atoms with E-state index in [0.29, 0.717) is 6.04 Å². The summed E-state index contributed by atoms with van der Waals surface area (Å²) in [5.41, 5.74) is 0. The van der Waals surface area contributed by atoms with Gasteiger partial charge in [-0.3, -0.25) is 4.72 Å². The Bertz CT molecular complexity index is 47.8. The Morgan fingerprint density at radius 3 is 2.62 bits per heavy atom. The Morgan fingerprint density at radius 2 is 2.25 bits per heavy atom. The maximum atomic E-state index is 3.94. The normalized spacial score (nSPS) is 13.9. The van der Waals surface area contributed by atoms with E-state index in [1.165, 1.54) is 19.3 Å². The van der Waals surface area contributed by atoms with E-state index in [0.717, 1.165) is 0 Å². The lowest BCUT2D eigenvalue weighted by atomic mass is 10.2. The molecule has 0 saturated heterocycles. The van der Waals surface area contributed by atoms with Gasteiger partial charge in [0.15, 0.2) is 0 Å². The predicted molar refractivity (Wildman–Crippen MR) is 41.1 cm³/mol. The summed E-state index contributed by atoms with van der Waals surface area (Å²) in [4.78, 5) is 0. The average Bonchev–Trinajstić information content (AvgIpc) is 1.83. The second-order valence-corrected chi connectivity index (χ2v) is 2.43. The van der Waals surface area contributed by atoms with Crippen molar-refractivity contribution in [1.82, 2.24) is 4.72 Å². The van der Waals surface area contributed by atoms with E-state index in [-0.39, 0.29) is 0 Å². The van der Waals surface area contributed by atoms with Gasteiger partial charge >= 0.3 is 0 Å². The third-order valence-electron chi connectivity index (χ3n) is 1.21. The molecule has 0 aromatic carbocycles. The first-order valence-electron chi connectivity index (χ1n) is 3.20. The van der Waals surface area contributed by atoms with E-state index in [1.54, 1.807) is 0 Å². The van der Waals surface area contributed by atoms with Gasteiger partial charge < -0.3 is 0 Å². The van der Waals surface area contributed by atoms with Gasteiger partial charge in [0.05, 0.1) is 0 Å². The van der Waals surface area contributed by atoms with Gasteiger partial charge in [-0.15, -0.1) is 0 Å². The van der Waals surface area contributed by atoms with Gasteiger partial charge in [0.1, 0.15) is 0 Å². The summed E-state index contributed by atoms with van der Waals surface area (Å²) in [5.74, 6) is 0. The van der Waals surface area contributed by atoms with Crippen LogP contribution in [0.2, 0.25) is 0 Å². The van der Waals surface area contributed by atoms with Crippen molar-refractivity contribution in [2.75, 3.05) is 0 Å². The fourth-order valence-electron chi connectivity index (χ4n) is 0.575. The van der Waals surface area contributed by atoms with Crippen molar-refractivity contribution < 1.29 is 0 Å². The molecule has 0 aromatic heterocycles. The molecular weight excluding hydrogens is 118 g/mol. The van der Waals surface area contributed by atoms with Crippen molar-refractivity contribution in [3.05, 3.63) is 0 Å². The zero-order chi connectivity index (χ0) is 6.41. The number of rotatable bonds is 4. The largest absolute Gasteiger partial charge is 0.264 e. The average molecular weight is 133 g/mol. The van der Waals surface area contributed by atoms with Crippen LogP contribution in [0, 0.1) is 0 Å². The van der Waals surface area contributed by atoms with Crippen LogP contribution in [0.4, 0.5) is 0 Å². The van der Waals surface area contributed by atoms with Crippen LogP contribution >= 0.6 is 12.8 Å². The molecule has 0 bridgehead atoms. The maximum Gasteiger partial charge on any atom is 0.0141 e. The monoisotopic (exact) mass is 133 g/mol. The highest BCUT2D eigenvalue weighted by Gasteiger charge is 1.94. The fraction of sp³-hybridized carbons (Fsp3) is 1.00. The number of nitrogens with one attached hydrogen (secondary N) is 1. The molecule has 8 heavy (non-hydrogen) atoms. The summed E-state index contributed by atoms with van der Waals surface area (Å²) >= 11 is 3.94. The van der Waals surface area contributed by atoms with Crippen molar-refractivity contribution in [1.29, 1.82) is 0 Å². The highest BCUT2D eigenvalue weighted by atomic mass is 32.1. The van der Waals surface area contributed by atoms with Crippen molar-refractivity contribution in [3.63, 3.8) is 0 Å². The standard InChI is InChI=1S/C6H15NS/c1-3-4-5-6(2)7-8/h6-8H,3-5H2,1-2H3. The lowest BCUT2D eigenvalue weighted by Gasteiger charge is -2.05.